The van der Waals surface area contributed by atoms with E-state index in [0.717, 1.165) is 12.8 Å². The third-order valence-electron chi connectivity index (χ3n) is 5.94. The Morgan fingerprint density at radius 1 is 1.11 bits per heavy atom. The summed E-state index contributed by atoms with van der Waals surface area (Å²) in [6.45, 7) is 1.38. The molecule has 0 atom stereocenters. The van der Waals surface area contributed by atoms with Crippen LogP contribution in [0.25, 0.3) is 0 Å². The van der Waals surface area contributed by atoms with E-state index in [1.165, 1.54) is 16.1 Å². The van der Waals surface area contributed by atoms with E-state index < -0.39 is 10.0 Å². The molecule has 28 heavy (non-hydrogen) atoms. The van der Waals surface area contributed by atoms with Crippen LogP contribution in [0.15, 0.2) is 59.8 Å². The normalized spacial score (nSPS) is 19.9. The Kier molecular flexibility index (Phi) is 5.21. The van der Waals surface area contributed by atoms with Gasteiger partial charge in [-0.15, -0.1) is 0 Å². The van der Waals surface area contributed by atoms with Crippen LogP contribution in [0.1, 0.15) is 31.2 Å². The summed E-state index contributed by atoms with van der Waals surface area (Å²) in [6.07, 6.45) is 6.20. The highest BCUT2D eigenvalue weighted by Gasteiger charge is 2.44. The van der Waals surface area contributed by atoms with Crippen LogP contribution in [-0.4, -0.2) is 43.2 Å². The number of aromatic nitrogens is 1. The Morgan fingerprint density at radius 2 is 1.82 bits per heavy atom. The first kappa shape index (κ1) is 19.1. The molecule has 1 saturated carbocycles. The molecule has 0 radical (unpaired) electrons. The Balaban J connectivity index is 1.31. The fraction of sp³-hybridized carbons (Fsp3) is 0.429. The van der Waals surface area contributed by atoms with Crippen LogP contribution in [-0.2, 0) is 20.2 Å². The van der Waals surface area contributed by atoms with Crippen molar-refractivity contribution in [3.63, 3.8) is 0 Å². The number of amides is 1. The first-order valence-corrected chi connectivity index (χ1v) is 11.2. The highest BCUT2D eigenvalue weighted by molar-refractivity contribution is 7.89. The van der Waals surface area contributed by atoms with Gasteiger partial charge in [0.25, 0.3) is 0 Å². The molecule has 1 aromatic carbocycles. The topological polar surface area (TPSA) is 79.4 Å². The molecule has 1 N–H and O–H groups in total. The van der Waals surface area contributed by atoms with Gasteiger partial charge in [0, 0.05) is 43.4 Å². The molecule has 0 spiro atoms. The van der Waals surface area contributed by atoms with E-state index in [0.29, 0.717) is 32.5 Å². The van der Waals surface area contributed by atoms with Crippen LogP contribution < -0.4 is 5.32 Å². The quantitative estimate of drug-likeness (QED) is 0.809. The standard InChI is InChI=1S/C21H25N3O3S/c25-20(23-16-21(10-11-21)18-5-2-1-3-6-18)17-8-13-24(14-9-17)28(26,27)19-7-4-12-22-15-19/h1-7,12,15,17H,8-11,13-14,16H2,(H,23,25). The monoisotopic (exact) mass is 399 g/mol. The second kappa shape index (κ2) is 7.64. The molecule has 1 amide bonds. The summed E-state index contributed by atoms with van der Waals surface area (Å²) in [5.74, 6) is -0.0902. The lowest BCUT2D eigenvalue weighted by Crippen LogP contribution is -2.44. The predicted octanol–water partition coefficient (Wildman–Crippen LogP) is 2.33. The molecule has 1 aromatic heterocycles. The number of sulfonamides is 1. The number of piperidine rings is 1. The third-order valence-corrected chi connectivity index (χ3v) is 7.82. The van der Waals surface area contributed by atoms with Gasteiger partial charge in [0.15, 0.2) is 0 Å². The molecule has 6 nitrogen and oxygen atoms in total. The molecular formula is C21H25N3O3S. The summed E-state index contributed by atoms with van der Waals surface area (Å²) in [7, 11) is -3.53. The molecule has 2 heterocycles. The molecule has 1 saturated heterocycles. The number of pyridine rings is 1. The zero-order valence-corrected chi connectivity index (χ0v) is 16.6. The Morgan fingerprint density at radius 3 is 2.43 bits per heavy atom. The minimum absolute atomic E-state index is 0.0423. The van der Waals surface area contributed by atoms with E-state index in [4.69, 9.17) is 0 Å². The zero-order valence-electron chi connectivity index (χ0n) is 15.8. The highest BCUT2D eigenvalue weighted by atomic mass is 32.2. The maximum Gasteiger partial charge on any atom is 0.244 e. The van der Waals surface area contributed by atoms with E-state index in [1.807, 2.05) is 18.2 Å². The minimum Gasteiger partial charge on any atom is -0.355 e. The number of carbonyl (C=O) groups is 1. The largest absolute Gasteiger partial charge is 0.355 e. The van der Waals surface area contributed by atoms with E-state index >= 15 is 0 Å². The number of carbonyl (C=O) groups excluding carboxylic acids is 1. The minimum atomic E-state index is -3.53. The van der Waals surface area contributed by atoms with Gasteiger partial charge in [0.05, 0.1) is 0 Å². The lowest BCUT2D eigenvalue weighted by Gasteiger charge is -2.30. The van der Waals surface area contributed by atoms with Crippen LogP contribution in [0, 0.1) is 5.92 Å². The van der Waals surface area contributed by atoms with E-state index in [9.17, 15) is 13.2 Å². The number of hydrogen-bond acceptors (Lipinski definition) is 4. The van der Waals surface area contributed by atoms with Crippen LogP contribution in [0.5, 0.6) is 0 Å². The van der Waals surface area contributed by atoms with E-state index in [2.05, 4.69) is 22.4 Å². The van der Waals surface area contributed by atoms with Crippen molar-refractivity contribution in [2.75, 3.05) is 19.6 Å². The predicted molar refractivity (Wildman–Crippen MR) is 106 cm³/mol. The Bertz CT molecular complexity index is 920. The molecule has 7 heteroatoms. The summed E-state index contributed by atoms with van der Waals surface area (Å²) in [6, 6.07) is 13.5. The molecule has 1 aliphatic carbocycles. The maximum absolute atomic E-state index is 12.7. The first-order valence-electron chi connectivity index (χ1n) is 9.75. The fourth-order valence-electron chi connectivity index (χ4n) is 3.92. The van der Waals surface area contributed by atoms with Crippen molar-refractivity contribution >= 4 is 15.9 Å². The average molecular weight is 400 g/mol. The summed E-state index contributed by atoms with van der Waals surface area (Å²) < 4.78 is 26.8. The number of rotatable bonds is 6. The lowest BCUT2D eigenvalue weighted by molar-refractivity contribution is -0.126. The van der Waals surface area contributed by atoms with Gasteiger partial charge in [-0.1, -0.05) is 30.3 Å². The number of nitrogens with zero attached hydrogens (tertiary/aromatic N) is 2. The first-order chi connectivity index (χ1) is 13.5. The Labute approximate surface area is 166 Å². The molecule has 1 aliphatic heterocycles. The lowest BCUT2D eigenvalue weighted by atomic mass is 9.94. The van der Waals surface area contributed by atoms with Crippen LogP contribution in [0.4, 0.5) is 0 Å². The van der Waals surface area contributed by atoms with Gasteiger partial charge in [-0.25, -0.2) is 8.42 Å². The Hall–Kier alpha value is -2.25. The maximum atomic E-state index is 12.7. The molecular weight excluding hydrogens is 374 g/mol. The second-order valence-electron chi connectivity index (χ2n) is 7.73. The van der Waals surface area contributed by atoms with E-state index in [-0.39, 0.29) is 22.1 Å². The molecule has 148 valence electrons. The van der Waals surface area contributed by atoms with Gasteiger partial charge in [0.1, 0.15) is 4.90 Å². The SMILES string of the molecule is O=C(NCC1(c2ccccc2)CC1)C1CCN(S(=O)(=O)c2cccnc2)CC1. The van der Waals surface area contributed by atoms with Crippen molar-refractivity contribution in [3.8, 4) is 0 Å². The summed E-state index contributed by atoms with van der Waals surface area (Å²) >= 11 is 0. The van der Waals surface area contributed by atoms with Gasteiger partial charge in [-0.2, -0.15) is 4.31 Å². The van der Waals surface area contributed by atoms with Crippen molar-refractivity contribution < 1.29 is 13.2 Å². The van der Waals surface area contributed by atoms with Crippen molar-refractivity contribution in [1.29, 1.82) is 0 Å². The van der Waals surface area contributed by atoms with Crippen molar-refractivity contribution in [2.24, 2.45) is 5.92 Å². The third kappa shape index (κ3) is 3.82. The summed E-state index contributed by atoms with van der Waals surface area (Å²) in [5, 5.41) is 3.12. The fourth-order valence-corrected chi connectivity index (χ4v) is 5.35. The molecule has 0 bridgehead atoms. The van der Waals surface area contributed by atoms with Gasteiger partial charge < -0.3 is 5.32 Å². The average Bonchev–Trinajstić information content (AvgIpc) is 3.55. The number of nitrogens with one attached hydrogen (secondary N) is 1. The van der Waals surface area contributed by atoms with Gasteiger partial charge in [0.2, 0.25) is 15.9 Å². The van der Waals surface area contributed by atoms with Gasteiger partial charge in [-0.3, -0.25) is 9.78 Å². The molecule has 2 aliphatic rings. The van der Waals surface area contributed by atoms with Crippen LogP contribution >= 0.6 is 0 Å². The second-order valence-corrected chi connectivity index (χ2v) is 9.67. The molecule has 2 fully saturated rings. The van der Waals surface area contributed by atoms with Crippen molar-refractivity contribution in [3.05, 3.63) is 60.4 Å². The van der Waals surface area contributed by atoms with Crippen LogP contribution in [0.2, 0.25) is 0 Å². The molecule has 2 aromatic rings. The number of benzene rings is 1. The van der Waals surface area contributed by atoms with Gasteiger partial charge >= 0.3 is 0 Å². The number of hydrogen-bond donors (Lipinski definition) is 1. The molecule has 0 unspecified atom stereocenters. The summed E-state index contributed by atoms with van der Waals surface area (Å²) in [4.78, 5) is 16.7. The smallest absolute Gasteiger partial charge is 0.244 e. The highest BCUT2D eigenvalue weighted by Crippen LogP contribution is 2.47. The van der Waals surface area contributed by atoms with Crippen molar-refractivity contribution in [1.82, 2.24) is 14.6 Å². The van der Waals surface area contributed by atoms with Gasteiger partial charge in [-0.05, 0) is 43.4 Å². The summed E-state index contributed by atoms with van der Waals surface area (Å²) in [5.41, 5.74) is 1.37. The van der Waals surface area contributed by atoms with Crippen molar-refractivity contribution in [2.45, 2.75) is 36.0 Å². The van der Waals surface area contributed by atoms with E-state index in [1.54, 1.807) is 18.3 Å². The molecule has 4 rings (SSSR count). The van der Waals surface area contributed by atoms with Crippen LogP contribution in [0.3, 0.4) is 0 Å². The zero-order chi connectivity index (χ0) is 19.6.